The minimum Gasteiger partial charge on any atom is -0.508 e. The lowest BCUT2D eigenvalue weighted by molar-refractivity contribution is 0.464. The number of nitrogens with one attached hydrogen (secondary N) is 1. The number of halogens is 1. The third-order valence-electron chi connectivity index (χ3n) is 2.88. The van der Waals surface area contributed by atoms with E-state index in [0.717, 1.165) is 18.5 Å². The lowest BCUT2D eigenvalue weighted by Gasteiger charge is -2.08. The summed E-state index contributed by atoms with van der Waals surface area (Å²) in [5.74, 6) is 0.232. The highest BCUT2D eigenvalue weighted by Gasteiger charge is 2.05. The van der Waals surface area contributed by atoms with Gasteiger partial charge in [-0.15, -0.1) is 0 Å². The maximum atomic E-state index is 9.68. The number of aryl methyl sites for hydroxylation is 1. The Morgan fingerprint density at radius 1 is 1.39 bits per heavy atom. The van der Waals surface area contributed by atoms with Gasteiger partial charge < -0.3 is 10.4 Å². The van der Waals surface area contributed by atoms with Crippen LogP contribution in [0.4, 0.5) is 0 Å². The van der Waals surface area contributed by atoms with E-state index in [2.05, 4.69) is 10.4 Å². The van der Waals surface area contributed by atoms with Crippen LogP contribution in [0.1, 0.15) is 11.3 Å². The van der Waals surface area contributed by atoms with Gasteiger partial charge in [0.05, 0.1) is 0 Å². The van der Waals surface area contributed by atoms with E-state index in [1.165, 1.54) is 5.69 Å². The average Bonchev–Trinajstić information content (AvgIpc) is 2.73. The number of benzene rings is 1. The molecular weight excluding hydrogens is 250 g/mol. The Morgan fingerprint density at radius 3 is 2.89 bits per heavy atom. The maximum Gasteiger partial charge on any atom is 0.121 e. The predicted octanol–water partition coefficient (Wildman–Crippen LogP) is 2.11. The molecule has 0 amide bonds. The number of hydrogen-bond donors (Lipinski definition) is 2. The highest BCUT2D eigenvalue weighted by atomic mass is 35.5. The molecule has 0 fully saturated rings. The first-order valence-corrected chi connectivity index (χ1v) is 6.20. The number of aromatic hydroxyl groups is 1. The van der Waals surface area contributed by atoms with E-state index in [1.807, 2.05) is 17.8 Å². The molecule has 0 unspecified atom stereocenters. The summed E-state index contributed by atoms with van der Waals surface area (Å²) < 4.78 is 1.86. The second-order valence-electron chi connectivity index (χ2n) is 4.11. The van der Waals surface area contributed by atoms with E-state index in [4.69, 9.17) is 11.6 Å². The molecule has 0 saturated heterocycles. The molecule has 0 radical (unpaired) electrons. The molecule has 5 heteroatoms. The Bertz CT molecular complexity index is 504. The molecule has 2 N–H and O–H groups in total. The van der Waals surface area contributed by atoms with Crippen LogP contribution in [-0.4, -0.2) is 21.4 Å². The topological polar surface area (TPSA) is 50.1 Å². The zero-order valence-electron chi connectivity index (χ0n) is 10.2. The number of phenols is 1. The first-order valence-electron chi connectivity index (χ1n) is 5.82. The summed E-state index contributed by atoms with van der Waals surface area (Å²) in [6.07, 6.45) is 2.68. The van der Waals surface area contributed by atoms with Crippen molar-refractivity contribution in [2.75, 3.05) is 6.54 Å². The van der Waals surface area contributed by atoms with Crippen LogP contribution in [0.3, 0.4) is 0 Å². The van der Waals surface area contributed by atoms with Crippen molar-refractivity contribution in [3.05, 3.63) is 46.7 Å². The summed E-state index contributed by atoms with van der Waals surface area (Å²) in [5, 5.41) is 17.6. The summed E-state index contributed by atoms with van der Waals surface area (Å²) in [7, 11) is 1.93. The minimum atomic E-state index is 0.232. The van der Waals surface area contributed by atoms with Gasteiger partial charge in [0.2, 0.25) is 0 Å². The number of rotatable bonds is 5. The van der Waals surface area contributed by atoms with Crippen LogP contribution in [0.15, 0.2) is 30.5 Å². The second kappa shape index (κ2) is 5.89. The molecule has 1 aromatic heterocycles. The van der Waals surface area contributed by atoms with Crippen LogP contribution in [0.2, 0.25) is 5.02 Å². The standard InChI is InChI=1S/C13H16ClN3O/c1-17-10(6-8-16-17)5-7-15-9-11-12(14)3-2-4-13(11)18/h2-4,6,8,15,18H,5,7,9H2,1H3. The minimum absolute atomic E-state index is 0.232. The van der Waals surface area contributed by atoms with Gasteiger partial charge in [0, 0.05) is 49.0 Å². The molecule has 1 heterocycles. The van der Waals surface area contributed by atoms with Crippen LogP contribution in [0.5, 0.6) is 5.75 Å². The van der Waals surface area contributed by atoms with Gasteiger partial charge in [0.15, 0.2) is 0 Å². The molecule has 1 aromatic carbocycles. The van der Waals surface area contributed by atoms with Crippen molar-refractivity contribution in [2.24, 2.45) is 7.05 Å². The van der Waals surface area contributed by atoms with Crippen molar-refractivity contribution in [2.45, 2.75) is 13.0 Å². The van der Waals surface area contributed by atoms with Gasteiger partial charge in [-0.1, -0.05) is 17.7 Å². The first-order chi connectivity index (χ1) is 8.68. The van der Waals surface area contributed by atoms with E-state index < -0.39 is 0 Å². The van der Waals surface area contributed by atoms with Gasteiger partial charge in [-0.05, 0) is 18.2 Å². The summed E-state index contributed by atoms with van der Waals surface area (Å²) in [6.45, 7) is 1.37. The monoisotopic (exact) mass is 265 g/mol. The average molecular weight is 266 g/mol. The maximum absolute atomic E-state index is 9.68. The largest absolute Gasteiger partial charge is 0.508 e. The van der Waals surface area contributed by atoms with Crippen molar-refractivity contribution in [3.63, 3.8) is 0 Å². The van der Waals surface area contributed by atoms with Gasteiger partial charge in [0.1, 0.15) is 5.75 Å². The van der Waals surface area contributed by atoms with Crippen molar-refractivity contribution < 1.29 is 5.11 Å². The van der Waals surface area contributed by atoms with E-state index in [0.29, 0.717) is 11.6 Å². The van der Waals surface area contributed by atoms with Gasteiger partial charge in [-0.25, -0.2) is 0 Å². The van der Waals surface area contributed by atoms with Crippen molar-refractivity contribution in [1.82, 2.24) is 15.1 Å². The van der Waals surface area contributed by atoms with Gasteiger partial charge in [-0.2, -0.15) is 5.10 Å². The van der Waals surface area contributed by atoms with Crippen LogP contribution < -0.4 is 5.32 Å². The predicted molar refractivity (Wildman–Crippen MR) is 71.7 cm³/mol. The highest BCUT2D eigenvalue weighted by Crippen LogP contribution is 2.24. The quantitative estimate of drug-likeness (QED) is 0.814. The van der Waals surface area contributed by atoms with Crippen LogP contribution in [0.25, 0.3) is 0 Å². The lowest BCUT2D eigenvalue weighted by atomic mass is 10.2. The summed E-state index contributed by atoms with van der Waals surface area (Å²) in [6, 6.07) is 7.15. The fourth-order valence-electron chi connectivity index (χ4n) is 1.80. The number of nitrogens with zero attached hydrogens (tertiary/aromatic N) is 2. The normalized spacial score (nSPS) is 10.8. The highest BCUT2D eigenvalue weighted by molar-refractivity contribution is 6.31. The van der Waals surface area contributed by atoms with Gasteiger partial charge in [0.25, 0.3) is 0 Å². The van der Waals surface area contributed by atoms with Crippen molar-refractivity contribution in [1.29, 1.82) is 0 Å². The summed E-state index contributed by atoms with van der Waals surface area (Å²) >= 11 is 6.02. The Balaban J connectivity index is 1.84. The zero-order valence-corrected chi connectivity index (χ0v) is 11.0. The molecule has 96 valence electrons. The Labute approximate surface area is 111 Å². The van der Waals surface area contributed by atoms with Crippen LogP contribution in [-0.2, 0) is 20.0 Å². The molecule has 0 bridgehead atoms. The van der Waals surface area contributed by atoms with Crippen LogP contribution in [0, 0.1) is 0 Å². The van der Waals surface area contributed by atoms with E-state index in [9.17, 15) is 5.11 Å². The third kappa shape index (κ3) is 3.03. The Kier molecular flexibility index (Phi) is 4.23. The smallest absolute Gasteiger partial charge is 0.121 e. The summed E-state index contributed by atoms with van der Waals surface area (Å²) in [4.78, 5) is 0. The van der Waals surface area contributed by atoms with Crippen molar-refractivity contribution >= 4 is 11.6 Å². The van der Waals surface area contributed by atoms with Crippen LogP contribution >= 0.6 is 11.6 Å². The fourth-order valence-corrected chi connectivity index (χ4v) is 2.04. The lowest BCUT2D eigenvalue weighted by Crippen LogP contribution is -2.18. The molecule has 0 aliphatic carbocycles. The molecule has 0 aliphatic rings. The second-order valence-corrected chi connectivity index (χ2v) is 4.52. The Morgan fingerprint density at radius 2 is 2.22 bits per heavy atom. The SMILES string of the molecule is Cn1nccc1CCNCc1c(O)cccc1Cl. The van der Waals surface area contributed by atoms with E-state index in [1.54, 1.807) is 24.4 Å². The fraction of sp³-hybridized carbons (Fsp3) is 0.308. The molecule has 2 aromatic rings. The number of aromatic nitrogens is 2. The van der Waals surface area contributed by atoms with E-state index in [-0.39, 0.29) is 5.75 Å². The van der Waals surface area contributed by atoms with E-state index >= 15 is 0 Å². The molecule has 0 atom stereocenters. The van der Waals surface area contributed by atoms with Gasteiger partial charge in [-0.3, -0.25) is 4.68 Å². The molecule has 4 nitrogen and oxygen atoms in total. The van der Waals surface area contributed by atoms with Crippen molar-refractivity contribution in [3.8, 4) is 5.75 Å². The third-order valence-corrected chi connectivity index (χ3v) is 3.23. The number of hydrogen-bond acceptors (Lipinski definition) is 3. The molecule has 2 rings (SSSR count). The molecule has 0 saturated carbocycles. The zero-order chi connectivity index (χ0) is 13.0. The molecular formula is C13H16ClN3O. The Hall–Kier alpha value is -1.52. The molecule has 0 aliphatic heterocycles. The molecule has 18 heavy (non-hydrogen) atoms. The number of phenolic OH excluding ortho intramolecular Hbond substituents is 1. The van der Waals surface area contributed by atoms with Gasteiger partial charge >= 0.3 is 0 Å². The molecule has 0 spiro atoms. The first kappa shape index (κ1) is 12.9. The summed E-state index contributed by atoms with van der Waals surface area (Å²) in [5.41, 5.74) is 1.91.